The molecule has 1 amide bonds. The summed E-state index contributed by atoms with van der Waals surface area (Å²) < 4.78 is 5.30. The SMILES string of the molecule is CCN(C(=N)c1ccc(CN)c(Cl)c1)C(=O)OC(C)(C)C. The number of benzene rings is 1. The number of nitrogens with one attached hydrogen (secondary N) is 1. The van der Waals surface area contributed by atoms with E-state index >= 15 is 0 Å². The molecule has 0 unspecified atom stereocenters. The molecule has 0 atom stereocenters. The summed E-state index contributed by atoms with van der Waals surface area (Å²) >= 11 is 6.10. The van der Waals surface area contributed by atoms with Crippen LogP contribution in [0.1, 0.15) is 38.8 Å². The summed E-state index contributed by atoms with van der Waals surface area (Å²) in [5.41, 5.74) is 6.30. The van der Waals surface area contributed by atoms with Gasteiger partial charge in [-0.2, -0.15) is 0 Å². The highest BCUT2D eigenvalue weighted by atomic mass is 35.5. The van der Waals surface area contributed by atoms with Crippen LogP contribution in [0.2, 0.25) is 5.02 Å². The van der Waals surface area contributed by atoms with Gasteiger partial charge < -0.3 is 10.5 Å². The van der Waals surface area contributed by atoms with Gasteiger partial charge in [-0.1, -0.05) is 23.7 Å². The second-order valence-electron chi connectivity index (χ2n) is 5.58. The minimum absolute atomic E-state index is 0.0530. The van der Waals surface area contributed by atoms with Crippen LogP contribution in [0.3, 0.4) is 0 Å². The molecule has 0 bridgehead atoms. The molecular formula is C15H22ClN3O2. The first-order valence-corrected chi connectivity index (χ1v) is 7.15. The first-order chi connectivity index (χ1) is 9.69. The summed E-state index contributed by atoms with van der Waals surface area (Å²) in [6, 6.07) is 5.12. The Hall–Kier alpha value is -1.59. The van der Waals surface area contributed by atoms with Crippen molar-refractivity contribution in [1.29, 1.82) is 5.41 Å². The lowest BCUT2D eigenvalue weighted by Gasteiger charge is -2.27. The molecule has 21 heavy (non-hydrogen) atoms. The van der Waals surface area contributed by atoms with Crippen LogP contribution in [0.4, 0.5) is 4.79 Å². The molecule has 0 saturated heterocycles. The van der Waals surface area contributed by atoms with Crippen LogP contribution in [-0.4, -0.2) is 29.0 Å². The number of hydrogen-bond donors (Lipinski definition) is 2. The number of rotatable bonds is 3. The standard InChI is InChI=1S/C15H22ClN3O2/c1-5-19(14(20)21-15(2,3)4)13(18)10-6-7-11(9-17)12(16)8-10/h6-8,18H,5,9,17H2,1-4H3. The Labute approximate surface area is 130 Å². The number of carbonyl (C=O) groups is 1. The highest BCUT2D eigenvalue weighted by Crippen LogP contribution is 2.19. The van der Waals surface area contributed by atoms with Crippen molar-refractivity contribution < 1.29 is 9.53 Å². The maximum Gasteiger partial charge on any atom is 0.415 e. The van der Waals surface area contributed by atoms with Crippen molar-refractivity contribution in [3.63, 3.8) is 0 Å². The molecule has 5 nitrogen and oxygen atoms in total. The van der Waals surface area contributed by atoms with Gasteiger partial charge in [0.25, 0.3) is 0 Å². The Morgan fingerprint density at radius 2 is 2.05 bits per heavy atom. The van der Waals surface area contributed by atoms with Crippen LogP contribution in [0.25, 0.3) is 0 Å². The van der Waals surface area contributed by atoms with Gasteiger partial charge in [-0.3, -0.25) is 10.3 Å². The van der Waals surface area contributed by atoms with E-state index in [0.29, 0.717) is 23.7 Å². The highest BCUT2D eigenvalue weighted by Gasteiger charge is 2.24. The van der Waals surface area contributed by atoms with E-state index in [1.165, 1.54) is 4.90 Å². The molecule has 0 radical (unpaired) electrons. The quantitative estimate of drug-likeness (QED) is 0.663. The Morgan fingerprint density at radius 3 is 2.48 bits per heavy atom. The highest BCUT2D eigenvalue weighted by molar-refractivity contribution is 6.31. The van der Waals surface area contributed by atoms with Crippen molar-refractivity contribution in [3.05, 3.63) is 34.3 Å². The lowest BCUT2D eigenvalue weighted by atomic mass is 10.1. The fourth-order valence-corrected chi connectivity index (χ4v) is 1.97. The van der Waals surface area contributed by atoms with Crippen LogP contribution >= 0.6 is 11.6 Å². The normalized spacial score (nSPS) is 11.1. The van der Waals surface area contributed by atoms with Crippen molar-refractivity contribution in [2.24, 2.45) is 5.73 Å². The minimum atomic E-state index is -0.605. The zero-order valence-corrected chi connectivity index (χ0v) is 13.6. The molecule has 0 spiro atoms. The smallest absolute Gasteiger partial charge is 0.415 e. The third-order valence-electron chi connectivity index (χ3n) is 2.75. The lowest BCUT2D eigenvalue weighted by molar-refractivity contribution is 0.0376. The van der Waals surface area contributed by atoms with Crippen LogP contribution in [0.15, 0.2) is 18.2 Å². The molecule has 116 valence electrons. The van der Waals surface area contributed by atoms with Gasteiger partial charge in [0.05, 0.1) is 0 Å². The molecule has 1 rings (SSSR count). The summed E-state index contributed by atoms with van der Waals surface area (Å²) in [4.78, 5) is 13.4. The molecular weight excluding hydrogens is 290 g/mol. The first-order valence-electron chi connectivity index (χ1n) is 6.77. The van der Waals surface area contributed by atoms with Gasteiger partial charge in [-0.25, -0.2) is 4.79 Å². The number of nitrogens with zero attached hydrogens (tertiary/aromatic N) is 1. The van der Waals surface area contributed by atoms with E-state index in [4.69, 9.17) is 27.5 Å². The van der Waals surface area contributed by atoms with E-state index in [2.05, 4.69) is 0 Å². The van der Waals surface area contributed by atoms with E-state index in [0.717, 1.165) is 5.56 Å². The first kappa shape index (κ1) is 17.5. The summed E-state index contributed by atoms with van der Waals surface area (Å²) in [7, 11) is 0. The van der Waals surface area contributed by atoms with Crippen LogP contribution in [0, 0.1) is 5.41 Å². The van der Waals surface area contributed by atoms with Gasteiger partial charge in [0.2, 0.25) is 0 Å². The van der Waals surface area contributed by atoms with E-state index in [-0.39, 0.29) is 5.84 Å². The Morgan fingerprint density at radius 1 is 1.43 bits per heavy atom. The van der Waals surface area contributed by atoms with E-state index in [9.17, 15) is 4.79 Å². The van der Waals surface area contributed by atoms with Gasteiger partial charge >= 0.3 is 6.09 Å². The Bertz CT molecular complexity index is 538. The third-order valence-corrected chi connectivity index (χ3v) is 3.10. The number of amides is 1. The lowest BCUT2D eigenvalue weighted by Crippen LogP contribution is -2.40. The monoisotopic (exact) mass is 311 g/mol. The van der Waals surface area contributed by atoms with Crippen molar-refractivity contribution in [2.45, 2.75) is 39.8 Å². The molecule has 6 heteroatoms. The molecule has 3 N–H and O–H groups in total. The van der Waals surface area contributed by atoms with Gasteiger partial charge in [0.15, 0.2) is 0 Å². The maximum absolute atomic E-state index is 12.1. The van der Waals surface area contributed by atoms with E-state index in [1.54, 1.807) is 45.9 Å². The molecule has 0 aliphatic carbocycles. The number of amidine groups is 1. The molecule has 0 aromatic heterocycles. The average molecular weight is 312 g/mol. The predicted octanol–water partition coefficient (Wildman–Crippen LogP) is 3.38. The number of halogens is 1. The van der Waals surface area contributed by atoms with Crippen LogP contribution in [-0.2, 0) is 11.3 Å². The summed E-state index contributed by atoms with van der Waals surface area (Å²) in [6.45, 7) is 7.81. The number of ether oxygens (including phenoxy) is 1. The van der Waals surface area contributed by atoms with Crippen LogP contribution in [0.5, 0.6) is 0 Å². The van der Waals surface area contributed by atoms with Gasteiger partial charge in [0.1, 0.15) is 11.4 Å². The second kappa shape index (κ2) is 6.91. The van der Waals surface area contributed by atoms with Crippen molar-refractivity contribution in [2.75, 3.05) is 6.54 Å². The molecule has 0 heterocycles. The predicted molar refractivity (Wildman–Crippen MR) is 84.8 cm³/mol. The molecule has 0 aliphatic rings. The topological polar surface area (TPSA) is 79.4 Å². The van der Waals surface area contributed by atoms with Gasteiger partial charge in [0, 0.05) is 23.7 Å². The average Bonchev–Trinajstić information content (AvgIpc) is 2.37. The van der Waals surface area contributed by atoms with Crippen LogP contribution < -0.4 is 5.73 Å². The van der Waals surface area contributed by atoms with Gasteiger partial charge in [-0.05, 0) is 39.3 Å². The van der Waals surface area contributed by atoms with Crippen molar-refractivity contribution in [3.8, 4) is 0 Å². The summed E-state index contributed by atoms with van der Waals surface area (Å²) in [5, 5.41) is 8.67. The molecule has 1 aromatic rings. The number of carbonyl (C=O) groups excluding carboxylic acids is 1. The molecule has 1 aromatic carbocycles. The van der Waals surface area contributed by atoms with Crippen molar-refractivity contribution >= 4 is 23.5 Å². The maximum atomic E-state index is 12.1. The minimum Gasteiger partial charge on any atom is -0.443 e. The zero-order valence-electron chi connectivity index (χ0n) is 12.9. The van der Waals surface area contributed by atoms with Gasteiger partial charge in [-0.15, -0.1) is 0 Å². The molecule has 0 saturated carbocycles. The third kappa shape index (κ3) is 4.72. The van der Waals surface area contributed by atoms with E-state index in [1.807, 2.05) is 0 Å². The number of hydrogen-bond acceptors (Lipinski definition) is 4. The molecule has 0 fully saturated rings. The zero-order chi connectivity index (χ0) is 16.2. The van der Waals surface area contributed by atoms with E-state index < -0.39 is 11.7 Å². The fraction of sp³-hybridized carbons (Fsp3) is 0.467. The Balaban J connectivity index is 2.98. The second-order valence-corrected chi connectivity index (χ2v) is 5.99. The largest absolute Gasteiger partial charge is 0.443 e. The Kier molecular flexibility index (Phi) is 5.75. The fourth-order valence-electron chi connectivity index (χ4n) is 1.71. The summed E-state index contributed by atoms with van der Waals surface area (Å²) in [6.07, 6.45) is -0.547. The number of nitrogens with two attached hydrogens (primary N) is 1. The molecule has 0 aliphatic heterocycles. The van der Waals surface area contributed by atoms with Crippen molar-refractivity contribution in [1.82, 2.24) is 4.90 Å². The summed E-state index contributed by atoms with van der Waals surface area (Å²) in [5.74, 6) is 0.0530.